The molecule has 188 valence electrons. The van der Waals surface area contributed by atoms with Gasteiger partial charge in [0.2, 0.25) is 0 Å². The third-order valence-corrected chi connectivity index (χ3v) is 7.29. The van der Waals surface area contributed by atoms with Crippen LogP contribution in [0.15, 0.2) is 48.6 Å². The van der Waals surface area contributed by atoms with Gasteiger partial charge in [-0.25, -0.2) is 12.2 Å². The van der Waals surface area contributed by atoms with Gasteiger partial charge in [-0.2, -0.15) is 29.8 Å². The summed E-state index contributed by atoms with van der Waals surface area (Å²) >= 11 is 2.28. The first-order valence-electron chi connectivity index (χ1n) is 12.5. The molecule has 0 aromatic heterocycles. The van der Waals surface area contributed by atoms with Crippen LogP contribution in [0.25, 0.3) is 11.1 Å². The molecule has 0 N–H and O–H groups in total. The van der Waals surface area contributed by atoms with Gasteiger partial charge in [-0.1, -0.05) is 65.3 Å². The molecule has 0 atom stereocenters. The van der Waals surface area contributed by atoms with E-state index < -0.39 is 0 Å². The van der Waals surface area contributed by atoms with Crippen molar-refractivity contribution in [2.24, 2.45) is 0 Å². The fourth-order valence-electron chi connectivity index (χ4n) is 4.35. The van der Waals surface area contributed by atoms with Crippen LogP contribution in [0.2, 0.25) is 0 Å². The van der Waals surface area contributed by atoms with E-state index in [0.717, 1.165) is 12.8 Å². The van der Waals surface area contributed by atoms with Crippen molar-refractivity contribution < 1.29 is 44.8 Å². The van der Waals surface area contributed by atoms with E-state index in [2.05, 4.69) is 110 Å². The van der Waals surface area contributed by atoms with Crippen LogP contribution in [0.5, 0.6) is 0 Å². The molecule has 0 aliphatic heterocycles. The summed E-state index contributed by atoms with van der Waals surface area (Å²) in [6, 6.07) is 15.2. The van der Waals surface area contributed by atoms with E-state index in [4.69, 9.17) is 0 Å². The van der Waals surface area contributed by atoms with Gasteiger partial charge >= 0.3 is 55.9 Å². The molecule has 3 heteroatoms. The summed E-state index contributed by atoms with van der Waals surface area (Å²) in [7, 11) is 0. The predicted molar refractivity (Wildman–Crippen MR) is 141 cm³/mol. The Labute approximate surface area is 238 Å². The Bertz CT molecular complexity index is 953. The molecule has 0 radical (unpaired) electrons. The van der Waals surface area contributed by atoms with Gasteiger partial charge in [-0.3, -0.25) is 6.08 Å². The molecule has 0 nitrogen and oxygen atoms in total. The van der Waals surface area contributed by atoms with Crippen LogP contribution < -0.4 is 24.8 Å². The standard InChI is InChI=1S/C21H25.C6H10.C5H5.2ClH.Ti/c1-20(2,3)16-7-9-18-14(12-16)11-15-13-17(21(4,5)6)8-10-19(15)18;1-2-4-6-5-3-1;1-2-4-5-3-1;;;/h7-10,12H,11H2,1-6H3;1-5H2;1-3H,4H2;2*1H;/q-1;;-1;;;+2/p-2. The van der Waals surface area contributed by atoms with E-state index in [0.29, 0.717) is 0 Å². The van der Waals surface area contributed by atoms with E-state index in [1.165, 1.54) is 65.5 Å². The number of halogens is 2. The first-order valence-corrected chi connectivity index (χ1v) is 13.3. The van der Waals surface area contributed by atoms with E-state index in [9.17, 15) is 0 Å². The number of hydrogen-bond donors (Lipinski definition) is 0. The van der Waals surface area contributed by atoms with Crippen LogP contribution in [0.3, 0.4) is 0 Å². The first-order chi connectivity index (χ1) is 15.6. The molecule has 35 heavy (non-hydrogen) atoms. The van der Waals surface area contributed by atoms with Crippen molar-refractivity contribution in [3.8, 4) is 11.1 Å². The quantitative estimate of drug-likeness (QED) is 0.302. The van der Waals surface area contributed by atoms with Crippen LogP contribution in [0, 0.1) is 12.1 Å². The van der Waals surface area contributed by atoms with Crippen molar-refractivity contribution >= 4 is 3.81 Å². The maximum absolute atomic E-state index is 3.67. The van der Waals surface area contributed by atoms with Gasteiger partial charge in [0.15, 0.2) is 0 Å². The van der Waals surface area contributed by atoms with Crippen molar-refractivity contribution in [1.29, 1.82) is 0 Å². The molecule has 2 aromatic carbocycles. The Morgan fingerprint density at radius 2 is 1.46 bits per heavy atom. The Morgan fingerprint density at radius 1 is 0.800 bits per heavy atom. The van der Waals surface area contributed by atoms with Crippen LogP contribution >= 0.6 is 0 Å². The SMILES string of the molecule is CC(C)(C)c1[c-]c2c(cc1)-c1ccc(C(C)(C)C)cc1C2.[C-]1=CC=CC1.[Cl-].[Cl-].[Ti+2]=[C]1CCCCC1. The van der Waals surface area contributed by atoms with E-state index >= 15 is 0 Å². The molecule has 5 rings (SSSR count). The normalized spacial score (nSPS) is 15.5. The number of hydrogen-bond acceptors (Lipinski definition) is 0. The van der Waals surface area contributed by atoms with Crippen LogP contribution in [0.1, 0.15) is 102 Å². The Balaban J connectivity index is 0.000000360. The molecule has 2 aromatic rings. The molecular weight excluding hydrogens is 503 g/mol. The van der Waals surface area contributed by atoms with Crippen molar-refractivity contribution in [3.05, 3.63) is 83.0 Å². The Morgan fingerprint density at radius 3 is 1.91 bits per heavy atom. The van der Waals surface area contributed by atoms with Crippen LogP contribution in [-0.4, -0.2) is 3.81 Å². The van der Waals surface area contributed by atoms with Gasteiger partial charge in [0.25, 0.3) is 0 Å². The Kier molecular flexibility index (Phi) is 13.0. The summed E-state index contributed by atoms with van der Waals surface area (Å²) in [6.45, 7) is 13.6. The number of allylic oxidation sites excluding steroid dienone is 4. The van der Waals surface area contributed by atoms with Gasteiger partial charge in [-0.05, 0) is 28.4 Å². The molecule has 3 aliphatic rings. The molecular formula is C32H40Cl2Ti-2. The molecule has 3 aliphatic carbocycles. The third-order valence-electron chi connectivity index (χ3n) is 6.51. The topological polar surface area (TPSA) is 0 Å². The Hall–Kier alpha value is -0.916. The first kappa shape index (κ1) is 32.1. The summed E-state index contributed by atoms with van der Waals surface area (Å²) in [5.41, 5.74) is 8.70. The molecule has 0 amide bonds. The van der Waals surface area contributed by atoms with E-state index in [-0.39, 0.29) is 35.6 Å². The predicted octanol–water partition coefficient (Wildman–Crippen LogP) is 2.64. The second-order valence-electron chi connectivity index (χ2n) is 11.5. The molecule has 0 heterocycles. The summed E-state index contributed by atoms with van der Waals surface area (Å²) in [5.74, 6) is 0. The number of rotatable bonds is 0. The van der Waals surface area contributed by atoms with Crippen molar-refractivity contribution in [3.63, 3.8) is 0 Å². The summed E-state index contributed by atoms with van der Waals surface area (Å²) < 4.78 is 1.71. The fraction of sp³-hybridized carbons (Fsp3) is 0.469. The minimum atomic E-state index is 0. The summed E-state index contributed by atoms with van der Waals surface area (Å²) in [6.07, 6.45) is 18.2. The van der Waals surface area contributed by atoms with E-state index in [1.807, 2.05) is 12.2 Å². The van der Waals surface area contributed by atoms with Crippen LogP contribution in [-0.2, 0) is 37.2 Å². The second kappa shape index (κ2) is 14.1. The van der Waals surface area contributed by atoms with Gasteiger partial charge in [-0.15, -0.1) is 17.5 Å². The molecule has 1 saturated carbocycles. The number of fused-ring (bicyclic) bond motifs is 3. The summed E-state index contributed by atoms with van der Waals surface area (Å²) in [4.78, 5) is 0. The molecule has 1 fully saturated rings. The average molecular weight is 543 g/mol. The van der Waals surface area contributed by atoms with E-state index in [1.54, 1.807) is 3.81 Å². The van der Waals surface area contributed by atoms with Crippen molar-refractivity contribution in [2.45, 2.75) is 97.3 Å². The monoisotopic (exact) mass is 542 g/mol. The van der Waals surface area contributed by atoms with Gasteiger partial charge < -0.3 is 24.8 Å². The second-order valence-corrected chi connectivity index (χ2v) is 12.6. The molecule has 0 saturated heterocycles. The zero-order valence-corrected chi connectivity index (χ0v) is 25.4. The third kappa shape index (κ3) is 9.48. The van der Waals surface area contributed by atoms with Crippen molar-refractivity contribution in [1.82, 2.24) is 0 Å². The van der Waals surface area contributed by atoms with Gasteiger partial charge in [0.05, 0.1) is 0 Å². The van der Waals surface area contributed by atoms with Gasteiger partial charge in [0, 0.05) is 0 Å². The van der Waals surface area contributed by atoms with Crippen molar-refractivity contribution in [2.75, 3.05) is 0 Å². The minimum absolute atomic E-state index is 0. The molecule has 0 unspecified atom stereocenters. The van der Waals surface area contributed by atoms with Gasteiger partial charge in [0.1, 0.15) is 0 Å². The molecule has 0 bridgehead atoms. The zero-order valence-electron chi connectivity index (χ0n) is 22.3. The maximum atomic E-state index is 3.67. The average Bonchev–Trinajstić information content (AvgIpc) is 3.44. The fourth-order valence-corrected chi connectivity index (χ4v) is 4.90. The number of benzene rings is 2. The molecule has 0 spiro atoms. The van der Waals surface area contributed by atoms with Crippen LogP contribution in [0.4, 0.5) is 0 Å². The zero-order chi connectivity index (χ0) is 24.1. The summed E-state index contributed by atoms with van der Waals surface area (Å²) in [5, 5.41) is 0.